The lowest BCUT2D eigenvalue weighted by Gasteiger charge is -2.06. The highest BCUT2D eigenvalue weighted by molar-refractivity contribution is 5.89. The van der Waals surface area contributed by atoms with Gasteiger partial charge in [-0.3, -0.25) is 0 Å². The Bertz CT molecular complexity index is 295. The Hall–Kier alpha value is -1.55. The maximum atomic E-state index is 11.1. The molecule has 76 valence electrons. The third kappa shape index (κ3) is 3.45. The van der Waals surface area contributed by atoms with Gasteiger partial charge in [-0.25, -0.2) is 4.79 Å². The number of aliphatic hydroxyl groups excluding tert-OH is 1. The third-order valence-corrected chi connectivity index (χ3v) is 1.71. The molecule has 0 atom stereocenters. The van der Waals surface area contributed by atoms with Gasteiger partial charge in [-0.1, -0.05) is 17.7 Å². The number of amides is 2. The zero-order valence-corrected chi connectivity index (χ0v) is 8.08. The molecular formula is C10H14N2O2. The Morgan fingerprint density at radius 2 is 2.00 bits per heavy atom. The highest BCUT2D eigenvalue weighted by Gasteiger charge is 1.98. The molecule has 4 nitrogen and oxygen atoms in total. The van der Waals surface area contributed by atoms with E-state index >= 15 is 0 Å². The fourth-order valence-electron chi connectivity index (χ4n) is 0.982. The number of carbonyl (C=O) groups excluding carboxylic acids is 1. The molecule has 0 aliphatic carbocycles. The van der Waals surface area contributed by atoms with E-state index in [0.29, 0.717) is 0 Å². The van der Waals surface area contributed by atoms with Crippen LogP contribution in [0.25, 0.3) is 0 Å². The molecule has 1 aromatic carbocycles. The summed E-state index contributed by atoms with van der Waals surface area (Å²) in [4.78, 5) is 11.1. The fraction of sp³-hybridized carbons (Fsp3) is 0.300. The van der Waals surface area contributed by atoms with Crippen molar-refractivity contribution < 1.29 is 9.90 Å². The van der Waals surface area contributed by atoms with Gasteiger partial charge in [-0.2, -0.15) is 0 Å². The molecule has 3 N–H and O–H groups in total. The number of carbonyl (C=O) groups is 1. The van der Waals surface area contributed by atoms with E-state index in [1.54, 1.807) is 0 Å². The first kappa shape index (κ1) is 10.5. The number of urea groups is 1. The lowest BCUT2D eigenvalue weighted by molar-refractivity contribution is 0.245. The van der Waals surface area contributed by atoms with Crippen LogP contribution in [0.5, 0.6) is 0 Å². The monoisotopic (exact) mass is 194 g/mol. The van der Waals surface area contributed by atoms with Crippen molar-refractivity contribution in [1.29, 1.82) is 0 Å². The molecule has 14 heavy (non-hydrogen) atoms. The fourth-order valence-corrected chi connectivity index (χ4v) is 0.982. The van der Waals surface area contributed by atoms with Gasteiger partial charge in [0.15, 0.2) is 0 Å². The molecule has 0 aliphatic rings. The number of aryl methyl sites for hydroxylation is 1. The molecule has 0 spiro atoms. The summed E-state index contributed by atoms with van der Waals surface area (Å²) in [6, 6.07) is 7.19. The Kier molecular flexibility index (Phi) is 3.94. The minimum Gasteiger partial charge on any atom is -0.395 e. The molecule has 0 radical (unpaired) electrons. The van der Waals surface area contributed by atoms with Crippen LogP contribution in [0.4, 0.5) is 10.5 Å². The summed E-state index contributed by atoms with van der Waals surface area (Å²) in [6.45, 7) is 2.19. The first-order valence-corrected chi connectivity index (χ1v) is 4.45. The van der Waals surface area contributed by atoms with Gasteiger partial charge in [-0.05, 0) is 19.1 Å². The predicted octanol–water partition coefficient (Wildman–Crippen LogP) is 1.11. The number of aliphatic hydroxyl groups is 1. The van der Waals surface area contributed by atoms with Gasteiger partial charge in [-0.15, -0.1) is 0 Å². The first-order chi connectivity index (χ1) is 6.72. The van der Waals surface area contributed by atoms with Crippen molar-refractivity contribution in [2.45, 2.75) is 6.92 Å². The van der Waals surface area contributed by atoms with E-state index in [9.17, 15) is 4.79 Å². The summed E-state index contributed by atoms with van der Waals surface area (Å²) in [5, 5.41) is 13.6. The molecule has 4 heteroatoms. The van der Waals surface area contributed by atoms with Crippen LogP contribution in [0.2, 0.25) is 0 Å². The molecule has 0 aromatic heterocycles. The van der Waals surface area contributed by atoms with Gasteiger partial charge in [0.2, 0.25) is 0 Å². The van der Waals surface area contributed by atoms with Crippen LogP contribution < -0.4 is 10.6 Å². The summed E-state index contributed by atoms with van der Waals surface area (Å²) in [5.41, 5.74) is 1.89. The van der Waals surface area contributed by atoms with Gasteiger partial charge in [0.25, 0.3) is 0 Å². The van der Waals surface area contributed by atoms with Crippen LogP contribution in [0.1, 0.15) is 5.56 Å². The maximum Gasteiger partial charge on any atom is 0.319 e. The summed E-state index contributed by atoms with van der Waals surface area (Å²) < 4.78 is 0. The number of hydrogen-bond donors (Lipinski definition) is 3. The van der Waals surface area contributed by atoms with Gasteiger partial charge < -0.3 is 15.7 Å². The van der Waals surface area contributed by atoms with E-state index in [4.69, 9.17) is 5.11 Å². The van der Waals surface area contributed by atoms with E-state index < -0.39 is 0 Å². The predicted molar refractivity (Wildman–Crippen MR) is 55.3 cm³/mol. The van der Waals surface area contributed by atoms with E-state index in [0.717, 1.165) is 11.3 Å². The second-order valence-corrected chi connectivity index (χ2v) is 2.97. The average Bonchev–Trinajstić information content (AvgIpc) is 2.18. The van der Waals surface area contributed by atoms with Gasteiger partial charge in [0.05, 0.1) is 6.61 Å². The molecule has 2 amide bonds. The van der Waals surface area contributed by atoms with E-state index in [1.165, 1.54) is 0 Å². The van der Waals surface area contributed by atoms with Crippen molar-refractivity contribution in [2.24, 2.45) is 0 Å². The summed E-state index contributed by atoms with van der Waals surface area (Å²) >= 11 is 0. The van der Waals surface area contributed by atoms with Crippen molar-refractivity contribution in [3.63, 3.8) is 0 Å². The van der Waals surface area contributed by atoms with Crippen molar-refractivity contribution in [2.75, 3.05) is 18.5 Å². The summed E-state index contributed by atoms with van der Waals surface area (Å²) in [6.07, 6.45) is 0. The number of nitrogens with one attached hydrogen (secondary N) is 2. The minimum atomic E-state index is -0.303. The molecule has 0 bridgehead atoms. The molecule has 1 aromatic rings. The summed E-state index contributed by atoms with van der Waals surface area (Å²) in [5.74, 6) is 0. The van der Waals surface area contributed by atoms with Gasteiger partial charge >= 0.3 is 6.03 Å². The lowest BCUT2D eigenvalue weighted by Crippen LogP contribution is -2.30. The number of hydrogen-bond acceptors (Lipinski definition) is 2. The van der Waals surface area contributed by atoms with Crippen LogP contribution >= 0.6 is 0 Å². The van der Waals surface area contributed by atoms with Crippen molar-refractivity contribution in [1.82, 2.24) is 5.32 Å². The van der Waals surface area contributed by atoms with Gasteiger partial charge in [0, 0.05) is 12.2 Å². The smallest absolute Gasteiger partial charge is 0.319 e. The van der Waals surface area contributed by atoms with Crippen LogP contribution in [-0.4, -0.2) is 24.3 Å². The molecule has 0 saturated carbocycles. The largest absolute Gasteiger partial charge is 0.395 e. The second-order valence-electron chi connectivity index (χ2n) is 2.97. The quantitative estimate of drug-likeness (QED) is 0.675. The van der Waals surface area contributed by atoms with Crippen LogP contribution in [-0.2, 0) is 0 Å². The zero-order chi connectivity index (χ0) is 10.4. The first-order valence-electron chi connectivity index (χ1n) is 4.45. The van der Waals surface area contributed by atoms with Gasteiger partial charge in [0.1, 0.15) is 0 Å². The second kappa shape index (κ2) is 5.24. The standard InChI is InChI=1S/C10H14N2O2/c1-8-2-4-9(5-3-8)12-10(14)11-6-7-13/h2-5,13H,6-7H2,1H3,(H2,11,12,14). The van der Waals surface area contributed by atoms with Crippen LogP contribution in [0, 0.1) is 6.92 Å². The Morgan fingerprint density at radius 1 is 1.36 bits per heavy atom. The van der Waals surface area contributed by atoms with Crippen LogP contribution in [0.15, 0.2) is 24.3 Å². The number of benzene rings is 1. The molecule has 0 unspecified atom stereocenters. The Balaban J connectivity index is 2.44. The average molecular weight is 194 g/mol. The SMILES string of the molecule is Cc1ccc(NC(=O)NCCO)cc1. The number of rotatable bonds is 3. The highest BCUT2D eigenvalue weighted by atomic mass is 16.3. The minimum absolute atomic E-state index is 0.0542. The van der Waals surface area contributed by atoms with Crippen molar-refractivity contribution in [3.8, 4) is 0 Å². The molecule has 0 saturated heterocycles. The van der Waals surface area contributed by atoms with E-state index in [-0.39, 0.29) is 19.2 Å². The molecule has 0 fully saturated rings. The lowest BCUT2D eigenvalue weighted by atomic mass is 10.2. The van der Waals surface area contributed by atoms with E-state index in [2.05, 4.69) is 10.6 Å². The molecular weight excluding hydrogens is 180 g/mol. The molecule has 1 rings (SSSR count). The van der Waals surface area contributed by atoms with Crippen molar-refractivity contribution in [3.05, 3.63) is 29.8 Å². The zero-order valence-electron chi connectivity index (χ0n) is 8.08. The molecule has 0 aliphatic heterocycles. The molecule has 0 heterocycles. The third-order valence-electron chi connectivity index (χ3n) is 1.71. The van der Waals surface area contributed by atoms with Crippen molar-refractivity contribution >= 4 is 11.7 Å². The topological polar surface area (TPSA) is 61.4 Å². The normalized spacial score (nSPS) is 9.57. The Labute approximate surface area is 82.9 Å². The summed E-state index contributed by atoms with van der Waals surface area (Å²) in [7, 11) is 0. The van der Waals surface area contributed by atoms with E-state index in [1.807, 2.05) is 31.2 Å². The van der Waals surface area contributed by atoms with Crippen LogP contribution in [0.3, 0.4) is 0 Å². The highest BCUT2D eigenvalue weighted by Crippen LogP contribution is 2.07. The maximum absolute atomic E-state index is 11.1. The Morgan fingerprint density at radius 3 is 2.57 bits per heavy atom. The number of anilines is 1.